The number of nitrogens with zero attached hydrogens (tertiary/aromatic N) is 3. The minimum absolute atomic E-state index is 0.166. The number of fused-ring (bicyclic) bond motifs is 1. The van der Waals surface area contributed by atoms with Gasteiger partial charge in [0, 0.05) is 27.1 Å². The highest BCUT2D eigenvalue weighted by atomic mass is 16.6. The van der Waals surface area contributed by atoms with Gasteiger partial charge in [-0.25, -0.2) is 9.59 Å². The van der Waals surface area contributed by atoms with Gasteiger partial charge in [0.1, 0.15) is 18.2 Å². The molecular weight excluding hydrogens is 480 g/mol. The quantitative estimate of drug-likeness (QED) is 0.322. The van der Waals surface area contributed by atoms with E-state index in [-0.39, 0.29) is 31.0 Å². The molecule has 3 amide bonds. The molecule has 2 heterocycles. The summed E-state index contributed by atoms with van der Waals surface area (Å²) in [4.78, 5) is 50.2. The van der Waals surface area contributed by atoms with Crippen LogP contribution in [-0.4, -0.2) is 77.6 Å². The molecule has 1 aromatic heterocycles. The molecule has 200 valence electrons. The number of carbonyl (C=O) groups is 3. The van der Waals surface area contributed by atoms with Crippen LogP contribution in [0.3, 0.4) is 0 Å². The second-order valence-corrected chi connectivity index (χ2v) is 9.72. The van der Waals surface area contributed by atoms with Gasteiger partial charge in [0.25, 0.3) is 0 Å². The highest BCUT2D eigenvalue weighted by Gasteiger charge is 2.31. The number of aryl methyl sites for hydroxylation is 1. The number of benzene rings is 1. The summed E-state index contributed by atoms with van der Waals surface area (Å²) in [6.45, 7) is 7.04. The van der Waals surface area contributed by atoms with E-state index in [0.29, 0.717) is 43.0 Å². The van der Waals surface area contributed by atoms with E-state index in [1.54, 1.807) is 32.3 Å². The lowest BCUT2D eigenvalue weighted by Gasteiger charge is -2.24. The molecule has 1 saturated heterocycles. The first kappa shape index (κ1) is 28.0. The first-order chi connectivity index (χ1) is 17.5. The summed E-state index contributed by atoms with van der Waals surface area (Å²) in [6.07, 6.45) is 0.0510. The average molecular weight is 515 g/mol. The van der Waals surface area contributed by atoms with Crippen molar-refractivity contribution in [2.75, 3.05) is 40.0 Å². The molecule has 11 nitrogen and oxygen atoms in total. The number of amides is 3. The Morgan fingerprint density at radius 2 is 1.89 bits per heavy atom. The van der Waals surface area contributed by atoms with Gasteiger partial charge in [-0.15, -0.1) is 0 Å². The Bertz CT molecular complexity index is 1280. The number of aromatic nitrogens is 2. The van der Waals surface area contributed by atoms with Crippen molar-refractivity contribution < 1.29 is 28.6 Å². The van der Waals surface area contributed by atoms with E-state index >= 15 is 0 Å². The second kappa shape index (κ2) is 12.1. The van der Waals surface area contributed by atoms with Crippen LogP contribution < -0.4 is 11.0 Å². The van der Waals surface area contributed by atoms with E-state index in [0.717, 1.165) is 0 Å². The van der Waals surface area contributed by atoms with Crippen molar-refractivity contribution in [3.8, 4) is 11.8 Å². The number of piperidine rings is 1. The fourth-order valence-corrected chi connectivity index (χ4v) is 3.88. The molecule has 37 heavy (non-hydrogen) atoms. The molecule has 1 atom stereocenters. The third-order valence-electron chi connectivity index (χ3n) is 5.67. The third-order valence-corrected chi connectivity index (χ3v) is 5.67. The summed E-state index contributed by atoms with van der Waals surface area (Å²) in [5.74, 6) is 5.17. The first-order valence-corrected chi connectivity index (χ1v) is 12.1. The smallest absolute Gasteiger partial charge is 0.410 e. The van der Waals surface area contributed by atoms with Crippen LogP contribution in [0.25, 0.3) is 11.0 Å². The maximum absolute atomic E-state index is 13.0. The summed E-state index contributed by atoms with van der Waals surface area (Å²) in [5, 5.41) is 2.30. The number of para-hydroxylation sites is 1. The Kier molecular flexibility index (Phi) is 9.13. The summed E-state index contributed by atoms with van der Waals surface area (Å²) in [5.41, 5.74) is 0.943. The molecular formula is C26H34N4O7. The number of imide groups is 1. The maximum Gasteiger partial charge on any atom is 0.410 e. The third kappa shape index (κ3) is 7.21. The predicted octanol–water partition coefficient (Wildman–Crippen LogP) is 1.57. The number of hydrogen-bond donors (Lipinski definition) is 1. The number of likely N-dealkylation sites (N-methyl/N-ethyl adjacent to an activating group) is 1. The molecule has 0 saturated carbocycles. The minimum atomic E-state index is -0.746. The lowest BCUT2D eigenvalue weighted by Crippen LogP contribution is -2.44. The van der Waals surface area contributed by atoms with Gasteiger partial charge in [0.2, 0.25) is 11.8 Å². The Hall–Kier alpha value is -3.62. The molecule has 1 aliphatic rings. The van der Waals surface area contributed by atoms with Crippen molar-refractivity contribution in [3.05, 3.63) is 34.2 Å². The Labute approximate surface area is 215 Å². The standard InChI is InChI=1S/C26H34N4O7/c1-26(2,3)37-25(34)28(4)13-15-36-17-16-35-14-7-9-18-8-6-10-19-22(18)29(5)24(33)30(19)20-11-12-21(31)27-23(20)32/h6,8,10,20H,11-17H2,1-5H3,(H,27,31,32). The minimum Gasteiger partial charge on any atom is -0.444 e. The van der Waals surface area contributed by atoms with Gasteiger partial charge in [0.05, 0.1) is 36.4 Å². The van der Waals surface area contributed by atoms with Gasteiger partial charge in [0.15, 0.2) is 0 Å². The normalized spacial score (nSPS) is 15.8. The zero-order valence-electron chi connectivity index (χ0n) is 22.0. The van der Waals surface area contributed by atoms with Gasteiger partial charge < -0.3 is 19.1 Å². The number of rotatable bonds is 8. The Morgan fingerprint density at radius 3 is 2.59 bits per heavy atom. The summed E-state index contributed by atoms with van der Waals surface area (Å²) in [7, 11) is 3.28. The van der Waals surface area contributed by atoms with Crippen molar-refractivity contribution in [1.82, 2.24) is 19.4 Å². The largest absolute Gasteiger partial charge is 0.444 e. The summed E-state index contributed by atoms with van der Waals surface area (Å²) >= 11 is 0. The van der Waals surface area contributed by atoms with Crippen LogP contribution in [0.5, 0.6) is 0 Å². The van der Waals surface area contributed by atoms with E-state index in [2.05, 4.69) is 17.2 Å². The highest BCUT2D eigenvalue weighted by molar-refractivity contribution is 6.00. The lowest BCUT2D eigenvalue weighted by molar-refractivity contribution is -0.135. The monoisotopic (exact) mass is 514 g/mol. The van der Waals surface area contributed by atoms with Gasteiger partial charge in [-0.05, 0) is 39.3 Å². The van der Waals surface area contributed by atoms with E-state index < -0.39 is 23.6 Å². The molecule has 0 bridgehead atoms. The fraction of sp³-hybridized carbons (Fsp3) is 0.538. The van der Waals surface area contributed by atoms with E-state index in [9.17, 15) is 19.2 Å². The molecule has 2 aromatic rings. The molecule has 11 heteroatoms. The SMILES string of the molecule is CN(CCOCCOCC#Cc1cccc2c1n(C)c(=O)n2C1CCC(=O)NC1=O)C(=O)OC(C)(C)C. The lowest BCUT2D eigenvalue weighted by atomic mass is 10.1. The number of imidazole rings is 1. The zero-order valence-corrected chi connectivity index (χ0v) is 22.0. The second-order valence-electron chi connectivity index (χ2n) is 9.72. The predicted molar refractivity (Wildman–Crippen MR) is 136 cm³/mol. The average Bonchev–Trinajstić information content (AvgIpc) is 3.07. The van der Waals surface area contributed by atoms with Crippen molar-refractivity contribution in [2.24, 2.45) is 7.05 Å². The Morgan fingerprint density at radius 1 is 1.16 bits per heavy atom. The van der Waals surface area contributed by atoms with Crippen molar-refractivity contribution >= 4 is 28.9 Å². The molecule has 1 aromatic carbocycles. The van der Waals surface area contributed by atoms with Gasteiger partial charge in [-0.1, -0.05) is 17.9 Å². The van der Waals surface area contributed by atoms with Gasteiger partial charge in [-0.2, -0.15) is 0 Å². The van der Waals surface area contributed by atoms with Crippen molar-refractivity contribution in [1.29, 1.82) is 0 Å². The van der Waals surface area contributed by atoms with Crippen LogP contribution in [0.15, 0.2) is 23.0 Å². The van der Waals surface area contributed by atoms with Gasteiger partial charge in [-0.3, -0.25) is 24.0 Å². The maximum atomic E-state index is 13.0. The molecule has 1 unspecified atom stereocenters. The van der Waals surface area contributed by atoms with E-state index in [1.807, 2.05) is 20.8 Å². The topological polar surface area (TPSA) is 121 Å². The molecule has 1 fully saturated rings. The number of carbonyl (C=O) groups excluding carboxylic acids is 3. The molecule has 0 radical (unpaired) electrons. The van der Waals surface area contributed by atoms with Crippen LogP contribution in [0.2, 0.25) is 0 Å². The van der Waals surface area contributed by atoms with Crippen molar-refractivity contribution in [2.45, 2.75) is 45.3 Å². The molecule has 1 N–H and O–H groups in total. The van der Waals surface area contributed by atoms with Crippen molar-refractivity contribution in [3.63, 3.8) is 0 Å². The van der Waals surface area contributed by atoms with Crippen LogP contribution in [0, 0.1) is 11.8 Å². The van der Waals surface area contributed by atoms with Gasteiger partial charge >= 0.3 is 11.8 Å². The number of nitrogens with one attached hydrogen (secondary N) is 1. The Balaban J connectivity index is 1.51. The van der Waals surface area contributed by atoms with Crippen LogP contribution >= 0.6 is 0 Å². The summed E-state index contributed by atoms with van der Waals surface area (Å²) in [6, 6.07) is 4.59. The zero-order chi connectivity index (χ0) is 27.2. The van der Waals surface area contributed by atoms with E-state index in [1.165, 1.54) is 14.0 Å². The fourth-order valence-electron chi connectivity index (χ4n) is 3.88. The van der Waals surface area contributed by atoms with Crippen LogP contribution in [0.1, 0.15) is 45.2 Å². The number of ether oxygens (including phenoxy) is 3. The highest BCUT2D eigenvalue weighted by Crippen LogP contribution is 2.24. The number of hydrogen-bond acceptors (Lipinski definition) is 7. The van der Waals surface area contributed by atoms with Crippen LogP contribution in [0.4, 0.5) is 4.79 Å². The van der Waals surface area contributed by atoms with E-state index in [4.69, 9.17) is 14.2 Å². The molecule has 0 spiro atoms. The molecule has 1 aliphatic heterocycles. The first-order valence-electron chi connectivity index (χ1n) is 12.1. The molecule has 3 rings (SSSR count). The molecule has 0 aliphatic carbocycles. The van der Waals surface area contributed by atoms with Crippen LogP contribution in [-0.2, 0) is 30.8 Å². The summed E-state index contributed by atoms with van der Waals surface area (Å²) < 4.78 is 19.2.